The largest absolute Gasteiger partial charge is 0.385 e. The molecule has 0 fully saturated rings. The number of carbonyl (C=O) groups excluding carboxylic acids is 1. The summed E-state index contributed by atoms with van der Waals surface area (Å²) >= 11 is 0. The minimum Gasteiger partial charge on any atom is -0.385 e. The van der Waals surface area contributed by atoms with Crippen molar-refractivity contribution in [3.05, 3.63) is 0 Å². The summed E-state index contributed by atoms with van der Waals surface area (Å²) < 4.78 is 9.92. The normalized spacial score (nSPS) is 11.1. The maximum atomic E-state index is 11.6. The van der Waals surface area contributed by atoms with Crippen LogP contribution in [0.15, 0.2) is 4.99 Å². The van der Waals surface area contributed by atoms with Crippen molar-refractivity contribution in [3.63, 3.8) is 0 Å². The number of nitrogens with one attached hydrogen (secondary N) is 3. The van der Waals surface area contributed by atoms with Crippen molar-refractivity contribution in [3.8, 4) is 0 Å². The van der Waals surface area contributed by atoms with Crippen LogP contribution in [-0.4, -0.2) is 90.5 Å². The number of nitrogens with zero attached hydrogens (tertiary/aromatic N) is 2. The first kappa shape index (κ1) is 25.6. The lowest BCUT2D eigenvalue weighted by Gasteiger charge is -2.18. The highest BCUT2D eigenvalue weighted by atomic mass is 127. The van der Waals surface area contributed by atoms with Gasteiger partial charge in [-0.05, 0) is 20.4 Å². The Kier molecular flexibility index (Phi) is 19.9. The molecular weight excluding hydrogens is 425 g/mol. The van der Waals surface area contributed by atoms with Crippen LogP contribution < -0.4 is 16.0 Å². The summed E-state index contributed by atoms with van der Waals surface area (Å²) in [6.45, 7) is 7.28. The molecule has 0 radical (unpaired) electrons. The van der Waals surface area contributed by atoms with Crippen LogP contribution in [0.3, 0.4) is 0 Å². The number of likely N-dealkylation sites (N-methyl/N-ethyl adjacent to an activating group) is 1. The number of hydrogen-bond donors (Lipinski definition) is 3. The van der Waals surface area contributed by atoms with Gasteiger partial charge in [0.2, 0.25) is 5.91 Å². The van der Waals surface area contributed by atoms with Crippen LogP contribution in [0.1, 0.15) is 13.3 Å². The third-order valence-electron chi connectivity index (χ3n) is 3.03. The second-order valence-electron chi connectivity index (χ2n) is 5.11. The Morgan fingerprint density at radius 1 is 1.04 bits per heavy atom. The number of amides is 1. The lowest BCUT2D eigenvalue weighted by Crippen LogP contribution is -2.42. The molecule has 24 heavy (non-hydrogen) atoms. The molecule has 0 rings (SSSR count). The molecule has 0 atom stereocenters. The van der Waals surface area contributed by atoms with Crippen LogP contribution in [0.25, 0.3) is 0 Å². The molecule has 0 aromatic heterocycles. The zero-order valence-corrected chi connectivity index (χ0v) is 17.7. The summed E-state index contributed by atoms with van der Waals surface area (Å²) in [5, 5.41) is 9.09. The van der Waals surface area contributed by atoms with E-state index < -0.39 is 0 Å². The number of hydrogen-bond acceptors (Lipinski definition) is 5. The number of methoxy groups -OCH3 is 2. The van der Waals surface area contributed by atoms with Gasteiger partial charge < -0.3 is 30.3 Å². The van der Waals surface area contributed by atoms with Gasteiger partial charge in [0.1, 0.15) is 6.54 Å². The number of guanidine groups is 1. The Labute approximate surface area is 163 Å². The van der Waals surface area contributed by atoms with Crippen LogP contribution in [0, 0.1) is 0 Å². The number of rotatable bonds is 13. The van der Waals surface area contributed by atoms with Crippen molar-refractivity contribution >= 4 is 35.8 Å². The lowest BCUT2D eigenvalue weighted by molar-refractivity contribution is -0.119. The molecule has 0 aliphatic rings. The SMILES string of the molecule is CCNC(=NCC(=O)NCCOC)NCCN(C)CCCOC.I. The van der Waals surface area contributed by atoms with Crippen molar-refractivity contribution in [1.82, 2.24) is 20.9 Å². The summed E-state index contributed by atoms with van der Waals surface area (Å²) in [5.41, 5.74) is 0. The molecular formula is C15H34IN5O3. The molecule has 0 heterocycles. The smallest absolute Gasteiger partial charge is 0.241 e. The third-order valence-corrected chi connectivity index (χ3v) is 3.03. The van der Waals surface area contributed by atoms with Crippen molar-refractivity contribution in [2.45, 2.75) is 13.3 Å². The van der Waals surface area contributed by atoms with Gasteiger partial charge in [-0.25, -0.2) is 4.99 Å². The maximum absolute atomic E-state index is 11.6. The molecule has 0 unspecified atom stereocenters. The number of carbonyl (C=O) groups is 1. The van der Waals surface area contributed by atoms with E-state index in [0.717, 1.165) is 39.2 Å². The van der Waals surface area contributed by atoms with Gasteiger partial charge in [0.25, 0.3) is 0 Å². The highest BCUT2D eigenvalue weighted by Crippen LogP contribution is 1.87. The highest BCUT2D eigenvalue weighted by Gasteiger charge is 2.03. The summed E-state index contributed by atoms with van der Waals surface area (Å²) in [6, 6.07) is 0. The summed E-state index contributed by atoms with van der Waals surface area (Å²) in [7, 11) is 5.39. The topological polar surface area (TPSA) is 87.2 Å². The first-order chi connectivity index (χ1) is 11.1. The summed E-state index contributed by atoms with van der Waals surface area (Å²) in [4.78, 5) is 18.1. The Morgan fingerprint density at radius 2 is 1.75 bits per heavy atom. The zero-order valence-electron chi connectivity index (χ0n) is 15.4. The van der Waals surface area contributed by atoms with Gasteiger partial charge in [0, 0.05) is 53.6 Å². The molecule has 3 N–H and O–H groups in total. The Morgan fingerprint density at radius 3 is 2.38 bits per heavy atom. The molecule has 9 heteroatoms. The van der Waals surface area contributed by atoms with Gasteiger partial charge in [0.05, 0.1) is 6.61 Å². The summed E-state index contributed by atoms with van der Waals surface area (Å²) in [5.74, 6) is 0.538. The predicted molar refractivity (Wildman–Crippen MR) is 108 cm³/mol. The fourth-order valence-corrected chi connectivity index (χ4v) is 1.80. The minimum absolute atomic E-state index is 0. The van der Waals surface area contributed by atoms with E-state index in [-0.39, 0.29) is 36.4 Å². The molecule has 144 valence electrons. The van der Waals surface area contributed by atoms with Gasteiger partial charge in [-0.3, -0.25) is 4.79 Å². The molecule has 0 saturated carbocycles. The van der Waals surface area contributed by atoms with Crippen molar-refractivity contribution in [2.75, 3.05) is 73.7 Å². The van der Waals surface area contributed by atoms with E-state index in [1.807, 2.05) is 6.92 Å². The maximum Gasteiger partial charge on any atom is 0.241 e. The molecule has 0 aromatic carbocycles. The van der Waals surface area contributed by atoms with Gasteiger partial charge in [-0.2, -0.15) is 0 Å². The molecule has 0 aliphatic heterocycles. The van der Waals surface area contributed by atoms with Crippen LogP contribution in [0.4, 0.5) is 0 Å². The second-order valence-corrected chi connectivity index (χ2v) is 5.11. The number of ether oxygens (including phenoxy) is 2. The van der Waals surface area contributed by atoms with Crippen LogP contribution in [-0.2, 0) is 14.3 Å². The molecule has 1 amide bonds. The van der Waals surface area contributed by atoms with Gasteiger partial charge in [0.15, 0.2) is 5.96 Å². The Bertz CT molecular complexity index is 332. The van der Waals surface area contributed by atoms with Crippen molar-refractivity contribution < 1.29 is 14.3 Å². The zero-order chi connectivity index (χ0) is 17.3. The standard InChI is InChI=1S/C15H33N5O3.HI/c1-5-16-15(19-13-14(21)17-8-12-23-4)18-7-10-20(2)9-6-11-22-3;/h5-13H2,1-4H3,(H,17,21)(H2,16,18,19);1H. The van der Waals surface area contributed by atoms with Crippen LogP contribution in [0.2, 0.25) is 0 Å². The minimum atomic E-state index is -0.115. The fourth-order valence-electron chi connectivity index (χ4n) is 1.80. The first-order valence-corrected chi connectivity index (χ1v) is 8.09. The first-order valence-electron chi connectivity index (χ1n) is 8.09. The lowest BCUT2D eigenvalue weighted by atomic mass is 10.4. The monoisotopic (exact) mass is 459 g/mol. The quantitative estimate of drug-likeness (QED) is 0.154. The van der Waals surface area contributed by atoms with E-state index in [1.54, 1.807) is 14.2 Å². The van der Waals surface area contributed by atoms with Crippen molar-refractivity contribution in [2.24, 2.45) is 4.99 Å². The van der Waals surface area contributed by atoms with Crippen LogP contribution in [0.5, 0.6) is 0 Å². The second kappa shape index (κ2) is 18.7. The van der Waals surface area contributed by atoms with E-state index in [9.17, 15) is 4.79 Å². The fraction of sp³-hybridized carbons (Fsp3) is 0.867. The number of halogens is 1. The molecule has 8 nitrogen and oxygen atoms in total. The summed E-state index contributed by atoms with van der Waals surface area (Å²) in [6.07, 6.45) is 1.02. The van der Waals surface area contributed by atoms with Crippen molar-refractivity contribution in [1.29, 1.82) is 0 Å². The Hall–Kier alpha value is -0.650. The highest BCUT2D eigenvalue weighted by molar-refractivity contribution is 14.0. The van der Waals surface area contributed by atoms with Gasteiger partial charge in [-0.15, -0.1) is 24.0 Å². The molecule has 0 aromatic rings. The van der Waals surface area contributed by atoms with Gasteiger partial charge in [-0.1, -0.05) is 0 Å². The Balaban J connectivity index is 0. The predicted octanol–water partition coefficient (Wildman–Crippen LogP) is -0.110. The average Bonchev–Trinajstić information content (AvgIpc) is 2.53. The van der Waals surface area contributed by atoms with Gasteiger partial charge >= 0.3 is 0 Å². The third kappa shape index (κ3) is 16.2. The molecule has 0 bridgehead atoms. The van der Waals surface area contributed by atoms with E-state index in [1.165, 1.54) is 0 Å². The number of aliphatic imine (C=N–C) groups is 1. The van der Waals surface area contributed by atoms with Crippen LogP contribution >= 0.6 is 24.0 Å². The molecule has 0 saturated heterocycles. The van der Waals surface area contributed by atoms with E-state index in [0.29, 0.717) is 19.1 Å². The molecule has 0 spiro atoms. The van der Waals surface area contributed by atoms with E-state index >= 15 is 0 Å². The average molecular weight is 459 g/mol. The molecule has 0 aliphatic carbocycles. The van der Waals surface area contributed by atoms with E-state index in [2.05, 4.69) is 32.9 Å². The van der Waals surface area contributed by atoms with E-state index in [4.69, 9.17) is 9.47 Å².